The summed E-state index contributed by atoms with van der Waals surface area (Å²) < 4.78 is 39.9. The second kappa shape index (κ2) is 5.79. The van der Waals surface area contributed by atoms with Gasteiger partial charge in [-0.2, -0.15) is 0 Å². The number of benzene rings is 1. The van der Waals surface area contributed by atoms with Crippen molar-refractivity contribution in [1.29, 1.82) is 0 Å². The van der Waals surface area contributed by atoms with E-state index in [1.165, 1.54) is 23.4 Å². The Labute approximate surface area is 119 Å². The van der Waals surface area contributed by atoms with E-state index in [1.54, 1.807) is 7.05 Å². The highest BCUT2D eigenvalue weighted by Gasteiger charge is 2.27. The molecule has 0 amide bonds. The molecule has 0 aromatic heterocycles. The first kappa shape index (κ1) is 15.4. The lowest BCUT2D eigenvalue weighted by Gasteiger charge is -2.29. The Morgan fingerprint density at radius 1 is 1.40 bits per heavy atom. The van der Waals surface area contributed by atoms with E-state index in [2.05, 4.69) is 0 Å². The number of hydrogen-bond donors (Lipinski definition) is 1. The summed E-state index contributed by atoms with van der Waals surface area (Å²) in [4.78, 5) is 0.0438. The van der Waals surface area contributed by atoms with E-state index < -0.39 is 22.4 Å². The first-order valence-electron chi connectivity index (χ1n) is 6.72. The zero-order valence-corrected chi connectivity index (χ0v) is 12.6. The Bertz CT molecular complexity index is 597. The van der Waals surface area contributed by atoms with E-state index in [1.807, 2.05) is 0 Å². The summed E-state index contributed by atoms with van der Waals surface area (Å²) in [7, 11) is -2.08. The van der Waals surface area contributed by atoms with Gasteiger partial charge in [-0.1, -0.05) is 6.42 Å². The van der Waals surface area contributed by atoms with Gasteiger partial charge in [-0.05, 0) is 43.4 Å². The maximum atomic E-state index is 13.7. The number of aliphatic hydroxyl groups is 1. The maximum Gasteiger partial charge on any atom is 0.242 e. The first-order chi connectivity index (χ1) is 9.36. The summed E-state index contributed by atoms with van der Waals surface area (Å²) in [5.41, 5.74) is 0.243. The van der Waals surface area contributed by atoms with Crippen LogP contribution in [0.25, 0.3) is 0 Å². The predicted molar refractivity (Wildman–Crippen MR) is 74.2 cm³/mol. The molecular weight excluding hydrogens is 281 g/mol. The summed E-state index contributed by atoms with van der Waals surface area (Å²) in [5, 5.41) is 9.12. The zero-order chi connectivity index (χ0) is 14.9. The zero-order valence-electron chi connectivity index (χ0n) is 11.8. The molecule has 1 N–H and O–H groups in total. The largest absolute Gasteiger partial charge is 0.392 e. The number of aliphatic hydroxyl groups excluding tert-OH is 1. The Hall–Kier alpha value is -0.980. The molecule has 1 aromatic carbocycles. The molecule has 2 rings (SSSR count). The molecule has 0 heterocycles. The van der Waals surface area contributed by atoms with Crippen LogP contribution in [0.2, 0.25) is 0 Å². The lowest BCUT2D eigenvalue weighted by atomic mass is 9.86. The number of halogens is 1. The molecule has 1 aliphatic carbocycles. The van der Waals surface area contributed by atoms with E-state index in [4.69, 9.17) is 5.11 Å². The maximum absolute atomic E-state index is 13.7. The lowest BCUT2D eigenvalue weighted by molar-refractivity contribution is 0.262. The molecule has 0 aliphatic heterocycles. The third-order valence-corrected chi connectivity index (χ3v) is 5.72. The third-order valence-electron chi connectivity index (χ3n) is 3.92. The summed E-state index contributed by atoms with van der Waals surface area (Å²) in [6, 6.07) is 2.54. The summed E-state index contributed by atoms with van der Waals surface area (Å²) in [6.07, 6.45) is 3.28. The van der Waals surface area contributed by atoms with E-state index in [9.17, 15) is 12.8 Å². The molecule has 0 spiro atoms. The van der Waals surface area contributed by atoms with Gasteiger partial charge in [-0.25, -0.2) is 17.1 Å². The van der Waals surface area contributed by atoms with Crippen LogP contribution in [0.1, 0.15) is 30.4 Å². The van der Waals surface area contributed by atoms with Crippen LogP contribution >= 0.6 is 0 Å². The Morgan fingerprint density at radius 3 is 2.55 bits per heavy atom. The Kier molecular flexibility index (Phi) is 4.46. The molecule has 0 atom stereocenters. The van der Waals surface area contributed by atoms with E-state index in [-0.39, 0.29) is 16.0 Å². The molecule has 1 aliphatic rings. The average Bonchev–Trinajstić information content (AvgIpc) is 2.36. The molecule has 0 bridgehead atoms. The fourth-order valence-electron chi connectivity index (χ4n) is 2.39. The van der Waals surface area contributed by atoms with Crippen molar-refractivity contribution in [3.63, 3.8) is 0 Å². The fraction of sp³-hybridized carbons (Fsp3) is 0.571. The second-order valence-corrected chi connectivity index (χ2v) is 7.50. The van der Waals surface area contributed by atoms with Crippen LogP contribution in [-0.4, -0.2) is 31.4 Å². The van der Waals surface area contributed by atoms with Gasteiger partial charge in [0.1, 0.15) is 5.82 Å². The van der Waals surface area contributed by atoms with Crippen molar-refractivity contribution in [2.24, 2.45) is 5.92 Å². The summed E-state index contributed by atoms with van der Waals surface area (Å²) in [6.45, 7) is 1.48. The van der Waals surface area contributed by atoms with Crippen molar-refractivity contribution in [1.82, 2.24) is 4.31 Å². The number of aryl methyl sites for hydroxylation is 1. The van der Waals surface area contributed by atoms with Crippen molar-refractivity contribution in [2.45, 2.75) is 37.7 Å². The van der Waals surface area contributed by atoms with Crippen molar-refractivity contribution in [3.05, 3.63) is 29.1 Å². The van der Waals surface area contributed by atoms with Gasteiger partial charge in [0.2, 0.25) is 10.0 Å². The first-order valence-corrected chi connectivity index (χ1v) is 8.16. The minimum atomic E-state index is -3.63. The average molecular weight is 301 g/mol. The molecule has 6 heteroatoms. The van der Waals surface area contributed by atoms with Crippen molar-refractivity contribution in [3.8, 4) is 0 Å². The van der Waals surface area contributed by atoms with Crippen molar-refractivity contribution < 1.29 is 17.9 Å². The van der Waals surface area contributed by atoms with Gasteiger partial charge in [0.15, 0.2) is 0 Å². The molecule has 0 saturated heterocycles. The molecule has 0 unspecified atom stereocenters. The van der Waals surface area contributed by atoms with Crippen LogP contribution < -0.4 is 0 Å². The van der Waals surface area contributed by atoms with Crippen LogP contribution in [-0.2, 0) is 16.6 Å². The summed E-state index contributed by atoms with van der Waals surface area (Å²) in [5.74, 6) is -0.123. The molecule has 4 nitrogen and oxygen atoms in total. The molecule has 1 aromatic rings. The molecular formula is C14H20FNO3S. The molecule has 1 fully saturated rings. The van der Waals surface area contributed by atoms with Gasteiger partial charge >= 0.3 is 0 Å². The molecule has 1 saturated carbocycles. The number of sulfonamides is 1. The second-order valence-electron chi connectivity index (χ2n) is 5.45. The van der Waals surface area contributed by atoms with Gasteiger partial charge in [0, 0.05) is 19.2 Å². The highest BCUT2D eigenvalue weighted by molar-refractivity contribution is 7.89. The molecule has 0 radical (unpaired) electrons. The number of nitrogens with zero attached hydrogens (tertiary/aromatic N) is 1. The third kappa shape index (κ3) is 2.87. The highest BCUT2D eigenvalue weighted by Crippen LogP contribution is 2.29. The quantitative estimate of drug-likeness (QED) is 0.905. The van der Waals surface area contributed by atoms with Gasteiger partial charge in [0.05, 0.1) is 11.5 Å². The minimum absolute atomic E-state index is 0.0145. The molecule has 20 heavy (non-hydrogen) atoms. The van der Waals surface area contributed by atoms with Gasteiger partial charge in [-0.15, -0.1) is 0 Å². The minimum Gasteiger partial charge on any atom is -0.392 e. The molecule has 112 valence electrons. The monoisotopic (exact) mass is 301 g/mol. The van der Waals surface area contributed by atoms with Crippen LogP contribution in [0, 0.1) is 18.7 Å². The topological polar surface area (TPSA) is 57.6 Å². The SMILES string of the molecule is Cc1cc(S(=O)(=O)N(C)CC2CCC2)cc(CO)c1F. The normalized spacial score (nSPS) is 16.4. The van der Waals surface area contributed by atoms with Gasteiger partial charge in [0.25, 0.3) is 0 Å². The van der Waals surface area contributed by atoms with Gasteiger partial charge < -0.3 is 5.11 Å². The number of rotatable bonds is 5. The van der Waals surface area contributed by atoms with Crippen LogP contribution in [0.4, 0.5) is 4.39 Å². The summed E-state index contributed by atoms with van der Waals surface area (Å²) >= 11 is 0. The van der Waals surface area contributed by atoms with E-state index >= 15 is 0 Å². The predicted octanol–water partition coefficient (Wildman–Crippen LogP) is 2.05. The Morgan fingerprint density at radius 2 is 2.05 bits per heavy atom. The lowest BCUT2D eigenvalue weighted by Crippen LogP contribution is -2.34. The Balaban J connectivity index is 2.30. The van der Waals surface area contributed by atoms with E-state index in [0.717, 1.165) is 19.3 Å². The van der Waals surface area contributed by atoms with Crippen molar-refractivity contribution in [2.75, 3.05) is 13.6 Å². The van der Waals surface area contributed by atoms with Crippen molar-refractivity contribution >= 4 is 10.0 Å². The smallest absolute Gasteiger partial charge is 0.242 e. The van der Waals surface area contributed by atoms with Crippen LogP contribution in [0.15, 0.2) is 17.0 Å². The fourth-order valence-corrected chi connectivity index (χ4v) is 3.77. The highest BCUT2D eigenvalue weighted by atomic mass is 32.2. The standard InChI is InChI=1S/C14H20FNO3S/c1-10-6-13(7-12(9-17)14(10)15)20(18,19)16(2)8-11-4-3-5-11/h6-7,11,17H,3-5,8-9H2,1-2H3. The van der Waals surface area contributed by atoms with Crippen LogP contribution in [0.3, 0.4) is 0 Å². The number of hydrogen-bond acceptors (Lipinski definition) is 3. The van der Waals surface area contributed by atoms with Gasteiger partial charge in [-0.3, -0.25) is 0 Å². The van der Waals surface area contributed by atoms with Crippen LogP contribution in [0.5, 0.6) is 0 Å². The van der Waals surface area contributed by atoms with E-state index in [0.29, 0.717) is 12.5 Å².